The van der Waals surface area contributed by atoms with E-state index in [2.05, 4.69) is 10.2 Å². The Labute approximate surface area is 134 Å². The van der Waals surface area contributed by atoms with E-state index in [0.29, 0.717) is 23.3 Å². The number of hydrogen-bond donors (Lipinski definition) is 1. The van der Waals surface area contributed by atoms with Gasteiger partial charge in [-0.3, -0.25) is 4.79 Å². The Balaban J connectivity index is 1.99. The lowest BCUT2D eigenvalue weighted by atomic mass is 10.2. The molecule has 2 aromatic rings. The normalized spacial score (nSPS) is 10.9. The van der Waals surface area contributed by atoms with Crippen molar-refractivity contribution in [1.29, 1.82) is 0 Å². The van der Waals surface area contributed by atoms with Crippen LogP contribution in [-0.2, 0) is 11.3 Å². The molecule has 2 rings (SSSR count). The summed E-state index contributed by atoms with van der Waals surface area (Å²) in [5.74, 6) is 6.77. The average Bonchev–Trinajstić information content (AvgIpc) is 2.82. The van der Waals surface area contributed by atoms with Crippen molar-refractivity contribution in [3.05, 3.63) is 41.7 Å². The van der Waals surface area contributed by atoms with E-state index in [1.807, 2.05) is 49.1 Å². The topological polar surface area (TPSA) is 77.0 Å². The molecule has 0 aliphatic rings. The number of rotatable bonds is 6. The maximum atomic E-state index is 12.5. The van der Waals surface area contributed by atoms with Crippen molar-refractivity contribution in [2.45, 2.75) is 38.5 Å². The van der Waals surface area contributed by atoms with Crippen molar-refractivity contribution in [2.24, 2.45) is 0 Å². The van der Waals surface area contributed by atoms with Crippen molar-refractivity contribution in [2.75, 3.05) is 11.6 Å². The number of aryl methyl sites for hydroxylation is 1. The van der Waals surface area contributed by atoms with Crippen LogP contribution in [0.1, 0.15) is 25.2 Å². The summed E-state index contributed by atoms with van der Waals surface area (Å²) in [6.45, 7) is 6.41. The molecule has 0 unspecified atom stereocenters. The lowest BCUT2D eigenvalue weighted by Gasteiger charge is -2.26. The molecule has 118 valence electrons. The standard InChI is InChI=1S/C15H21N5OS/c1-11(2)19(9-13-7-5-4-6-8-13)14(21)10-22-15-18-17-12(3)20(15)16/h4-8,11H,9-10,16H2,1-3H3. The summed E-state index contributed by atoms with van der Waals surface area (Å²) in [5.41, 5.74) is 1.12. The van der Waals surface area contributed by atoms with Crippen LogP contribution in [0.4, 0.5) is 0 Å². The Bertz CT molecular complexity index is 626. The van der Waals surface area contributed by atoms with Gasteiger partial charge in [0.2, 0.25) is 11.1 Å². The highest BCUT2D eigenvalue weighted by Crippen LogP contribution is 2.17. The third-order valence-electron chi connectivity index (χ3n) is 3.30. The number of hydrogen-bond acceptors (Lipinski definition) is 5. The Morgan fingerprint density at radius 1 is 1.32 bits per heavy atom. The first-order valence-electron chi connectivity index (χ1n) is 7.12. The average molecular weight is 319 g/mol. The Kier molecular flexibility index (Phi) is 5.43. The predicted octanol–water partition coefficient (Wildman–Crippen LogP) is 1.83. The lowest BCUT2D eigenvalue weighted by molar-refractivity contribution is -0.130. The number of nitrogen functional groups attached to an aromatic ring is 1. The van der Waals surface area contributed by atoms with Gasteiger partial charge in [-0.05, 0) is 26.3 Å². The van der Waals surface area contributed by atoms with E-state index in [4.69, 9.17) is 5.84 Å². The van der Waals surface area contributed by atoms with Gasteiger partial charge in [0.1, 0.15) is 5.82 Å². The Morgan fingerprint density at radius 3 is 2.55 bits per heavy atom. The summed E-state index contributed by atoms with van der Waals surface area (Å²) in [7, 11) is 0. The highest BCUT2D eigenvalue weighted by molar-refractivity contribution is 7.99. The smallest absolute Gasteiger partial charge is 0.233 e. The highest BCUT2D eigenvalue weighted by atomic mass is 32.2. The van der Waals surface area contributed by atoms with Gasteiger partial charge >= 0.3 is 0 Å². The van der Waals surface area contributed by atoms with Crippen LogP contribution in [-0.4, -0.2) is 37.5 Å². The van der Waals surface area contributed by atoms with Crippen molar-refractivity contribution in [3.63, 3.8) is 0 Å². The molecule has 0 radical (unpaired) electrons. The molecule has 0 spiro atoms. The molecular weight excluding hydrogens is 298 g/mol. The fraction of sp³-hybridized carbons (Fsp3) is 0.400. The number of aromatic nitrogens is 3. The van der Waals surface area contributed by atoms with E-state index in [9.17, 15) is 4.79 Å². The maximum Gasteiger partial charge on any atom is 0.233 e. The van der Waals surface area contributed by atoms with Gasteiger partial charge in [-0.2, -0.15) is 0 Å². The first kappa shape index (κ1) is 16.4. The molecular formula is C15H21N5OS. The van der Waals surface area contributed by atoms with Crippen LogP contribution in [0, 0.1) is 6.92 Å². The quantitative estimate of drug-likeness (QED) is 0.649. The van der Waals surface area contributed by atoms with E-state index >= 15 is 0 Å². The number of carbonyl (C=O) groups excluding carboxylic acids is 1. The Hall–Kier alpha value is -2.02. The van der Waals surface area contributed by atoms with Crippen LogP contribution < -0.4 is 5.84 Å². The fourth-order valence-electron chi connectivity index (χ4n) is 2.00. The van der Waals surface area contributed by atoms with Crippen LogP contribution in [0.15, 0.2) is 35.5 Å². The molecule has 0 atom stereocenters. The summed E-state index contributed by atoms with van der Waals surface area (Å²) in [5, 5.41) is 8.39. The zero-order chi connectivity index (χ0) is 16.1. The van der Waals surface area contributed by atoms with Gasteiger partial charge in [0, 0.05) is 12.6 Å². The lowest BCUT2D eigenvalue weighted by Crippen LogP contribution is -2.37. The molecule has 0 saturated heterocycles. The molecule has 1 aromatic heterocycles. The van der Waals surface area contributed by atoms with Crippen LogP contribution in [0.3, 0.4) is 0 Å². The van der Waals surface area contributed by atoms with Gasteiger partial charge < -0.3 is 10.7 Å². The molecule has 1 heterocycles. The molecule has 1 amide bonds. The zero-order valence-corrected chi connectivity index (χ0v) is 13.9. The molecule has 0 saturated carbocycles. The number of thioether (sulfide) groups is 1. The van der Waals surface area contributed by atoms with Gasteiger partial charge in [0.05, 0.1) is 5.75 Å². The van der Waals surface area contributed by atoms with Crippen LogP contribution in [0.5, 0.6) is 0 Å². The van der Waals surface area contributed by atoms with Crippen LogP contribution in [0.25, 0.3) is 0 Å². The van der Waals surface area contributed by atoms with E-state index in [0.717, 1.165) is 5.56 Å². The number of nitrogens with two attached hydrogens (primary N) is 1. The molecule has 0 aliphatic carbocycles. The molecule has 0 aliphatic heterocycles. The first-order chi connectivity index (χ1) is 10.5. The molecule has 1 aromatic carbocycles. The molecule has 6 nitrogen and oxygen atoms in total. The fourth-order valence-corrected chi connectivity index (χ4v) is 2.78. The SMILES string of the molecule is Cc1nnc(SCC(=O)N(Cc2ccccc2)C(C)C)n1N. The zero-order valence-electron chi connectivity index (χ0n) is 13.1. The second-order valence-electron chi connectivity index (χ2n) is 5.29. The first-order valence-corrected chi connectivity index (χ1v) is 8.11. The molecule has 0 bridgehead atoms. The molecule has 2 N–H and O–H groups in total. The summed E-state index contributed by atoms with van der Waals surface area (Å²) in [6.07, 6.45) is 0. The van der Waals surface area contributed by atoms with E-state index < -0.39 is 0 Å². The summed E-state index contributed by atoms with van der Waals surface area (Å²) in [4.78, 5) is 14.3. The number of nitrogens with zero attached hydrogens (tertiary/aromatic N) is 4. The highest BCUT2D eigenvalue weighted by Gasteiger charge is 2.19. The van der Waals surface area contributed by atoms with Crippen molar-refractivity contribution < 1.29 is 4.79 Å². The minimum atomic E-state index is 0.0597. The van der Waals surface area contributed by atoms with Crippen molar-refractivity contribution in [3.8, 4) is 0 Å². The van der Waals surface area contributed by atoms with E-state index in [1.54, 1.807) is 6.92 Å². The second kappa shape index (κ2) is 7.31. The third kappa shape index (κ3) is 4.00. The number of benzene rings is 1. The minimum absolute atomic E-state index is 0.0597. The Morgan fingerprint density at radius 2 is 2.00 bits per heavy atom. The van der Waals surface area contributed by atoms with Gasteiger partial charge in [-0.25, -0.2) is 4.68 Å². The summed E-state index contributed by atoms with van der Waals surface area (Å²) in [6, 6.07) is 10.1. The summed E-state index contributed by atoms with van der Waals surface area (Å²) < 4.78 is 1.40. The molecule has 22 heavy (non-hydrogen) atoms. The largest absolute Gasteiger partial charge is 0.336 e. The van der Waals surface area contributed by atoms with Crippen molar-refractivity contribution in [1.82, 2.24) is 19.8 Å². The predicted molar refractivity (Wildman–Crippen MR) is 87.8 cm³/mol. The monoisotopic (exact) mass is 319 g/mol. The maximum absolute atomic E-state index is 12.5. The van der Waals surface area contributed by atoms with E-state index in [-0.39, 0.29) is 11.9 Å². The molecule has 7 heteroatoms. The second-order valence-corrected chi connectivity index (χ2v) is 6.23. The minimum Gasteiger partial charge on any atom is -0.336 e. The number of amides is 1. The van der Waals surface area contributed by atoms with Gasteiger partial charge in [-0.1, -0.05) is 42.1 Å². The van der Waals surface area contributed by atoms with Crippen LogP contribution in [0.2, 0.25) is 0 Å². The van der Waals surface area contributed by atoms with E-state index in [1.165, 1.54) is 16.4 Å². The van der Waals surface area contributed by atoms with Gasteiger partial charge in [-0.15, -0.1) is 10.2 Å². The third-order valence-corrected chi connectivity index (χ3v) is 4.23. The van der Waals surface area contributed by atoms with Crippen LogP contribution >= 0.6 is 11.8 Å². The summed E-state index contributed by atoms with van der Waals surface area (Å²) >= 11 is 1.31. The van der Waals surface area contributed by atoms with Crippen molar-refractivity contribution >= 4 is 17.7 Å². The van der Waals surface area contributed by atoms with Gasteiger partial charge in [0.25, 0.3) is 0 Å². The number of carbonyl (C=O) groups is 1. The van der Waals surface area contributed by atoms with Gasteiger partial charge in [0.15, 0.2) is 0 Å². The molecule has 0 fully saturated rings.